The number of rotatable bonds is 6. The molecule has 0 aliphatic carbocycles. The van der Waals surface area contributed by atoms with Gasteiger partial charge in [-0.1, -0.05) is 53.5 Å². The Morgan fingerprint density at radius 1 is 0.881 bits per heavy atom. The molecular weight excluding hydrogens is 597 g/mol. The number of aromatic amines is 1. The van der Waals surface area contributed by atoms with Crippen molar-refractivity contribution in [2.45, 2.75) is 22.8 Å². The fourth-order valence-electron chi connectivity index (χ4n) is 4.96. The topological polar surface area (TPSA) is 127 Å². The summed E-state index contributed by atoms with van der Waals surface area (Å²) in [5, 5.41) is 4.21. The van der Waals surface area contributed by atoms with Crippen LogP contribution in [0.4, 0.5) is 5.82 Å². The van der Waals surface area contributed by atoms with E-state index < -0.39 is 21.4 Å². The number of fused-ring (bicyclic) bond motifs is 2. The lowest BCUT2D eigenvalue weighted by atomic mass is 10.1. The van der Waals surface area contributed by atoms with Crippen LogP contribution in [0.1, 0.15) is 18.7 Å². The van der Waals surface area contributed by atoms with Crippen molar-refractivity contribution in [1.82, 2.24) is 19.5 Å². The number of para-hydroxylation sites is 1. The number of anilines is 1. The van der Waals surface area contributed by atoms with Crippen molar-refractivity contribution in [2.24, 2.45) is 0 Å². The average molecular weight is 619 g/mol. The van der Waals surface area contributed by atoms with Gasteiger partial charge in [0.2, 0.25) is 9.84 Å². The molecule has 0 amide bonds. The summed E-state index contributed by atoms with van der Waals surface area (Å²) in [7, 11) is -4.13. The summed E-state index contributed by atoms with van der Waals surface area (Å²) in [6.07, 6.45) is 2.81. The SMILES string of the molecule is C[C@H](Nc1ncnc2[nH]ccc(=O)c12)c1c(Cl)c2cccc(S(=O)(=O)c3ccc(Cl)cc3)c2c(=O)n1-c1ccccc1. The van der Waals surface area contributed by atoms with E-state index in [1.54, 1.807) is 49.4 Å². The van der Waals surface area contributed by atoms with Crippen LogP contribution in [0.5, 0.6) is 0 Å². The van der Waals surface area contributed by atoms with Crippen LogP contribution in [0, 0.1) is 0 Å². The summed E-state index contributed by atoms with van der Waals surface area (Å²) in [6, 6.07) is 19.7. The van der Waals surface area contributed by atoms with Crippen LogP contribution in [-0.4, -0.2) is 27.9 Å². The summed E-state index contributed by atoms with van der Waals surface area (Å²) >= 11 is 13.0. The first-order valence-corrected chi connectivity index (χ1v) is 14.9. The molecule has 210 valence electrons. The van der Waals surface area contributed by atoms with Crippen molar-refractivity contribution < 1.29 is 8.42 Å². The zero-order chi connectivity index (χ0) is 29.6. The van der Waals surface area contributed by atoms with E-state index in [2.05, 4.69) is 20.3 Å². The van der Waals surface area contributed by atoms with Gasteiger partial charge in [0, 0.05) is 28.4 Å². The maximum Gasteiger partial charge on any atom is 0.264 e. The van der Waals surface area contributed by atoms with Crippen molar-refractivity contribution >= 4 is 60.7 Å². The van der Waals surface area contributed by atoms with Gasteiger partial charge in [-0.05, 0) is 49.4 Å². The molecule has 0 bridgehead atoms. The van der Waals surface area contributed by atoms with Gasteiger partial charge in [0.1, 0.15) is 23.2 Å². The molecule has 6 rings (SSSR count). The molecule has 1 atom stereocenters. The molecule has 0 saturated carbocycles. The third kappa shape index (κ3) is 4.63. The number of hydrogen-bond acceptors (Lipinski definition) is 7. The molecule has 2 N–H and O–H groups in total. The lowest BCUT2D eigenvalue weighted by Gasteiger charge is -2.24. The first-order chi connectivity index (χ1) is 20.2. The van der Waals surface area contributed by atoms with E-state index in [9.17, 15) is 18.0 Å². The maximum absolute atomic E-state index is 14.4. The van der Waals surface area contributed by atoms with Gasteiger partial charge in [-0.25, -0.2) is 18.4 Å². The summed E-state index contributed by atoms with van der Waals surface area (Å²) in [5.41, 5.74) is 0.290. The van der Waals surface area contributed by atoms with Crippen LogP contribution in [0.3, 0.4) is 0 Å². The second kappa shape index (κ2) is 10.7. The summed E-state index contributed by atoms with van der Waals surface area (Å²) in [5.74, 6) is 0.247. The first kappa shape index (κ1) is 27.6. The van der Waals surface area contributed by atoms with Crippen LogP contribution in [0.2, 0.25) is 10.0 Å². The van der Waals surface area contributed by atoms with Crippen LogP contribution < -0.4 is 16.3 Å². The quantitative estimate of drug-likeness (QED) is 0.237. The van der Waals surface area contributed by atoms with E-state index in [1.165, 1.54) is 53.5 Å². The predicted octanol–water partition coefficient (Wildman–Crippen LogP) is 5.93. The number of aromatic nitrogens is 4. The molecule has 0 spiro atoms. The maximum atomic E-state index is 14.4. The van der Waals surface area contributed by atoms with Crippen molar-refractivity contribution in [3.63, 3.8) is 0 Å². The van der Waals surface area contributed by atoms with Gasteiger partial charge in [-0.15, -0.1) is 0 Å². The number of benzene rings is 3. The first-order valence-electron chi connectivity index (χ1n) is 12.7. The molecule has 3 heterocycles. The summed E-state index contributed by atoms with van der Waals surface area (Å²) in [6.45, 7) is 1.77. The number of sulfone groups is 1. The van der Waals surface area contributed by atoms with E-state index in [1.807, 2.05) is 0 Å². The van der Waals surface area contributed by atoms with E-state index in [4.69, 9.17) is 23.2 Å². The van der Waals surface area contributed by atoms with Crippen LogP contribution in [-0.2, 0) is 9.84 Å². The number of halogens is 2. The average Bonchev–Trinajstić information content (AvgIpc) is 2.99. The summed E-state index contributed by atoms with van der Waals surface area (Å²) in [4.78, 5) is 38.2. The molecule has 12 heteroatoms. The second-order valence-electron chi connectivity index (χ2n) is 9.47. The molecular formula is C30H21Cl2N5O4S. The number of hydrogen-bond donors (Lipinski definition) is 2. The molecule has 0 aliphatic rings. The molecule has 42 heavy (non-hydrogen) atoms. The van der Waals surface area contributed by atoms with E-state index >= 15 is 0 Å². The Labute approximate surface area is 249 Å². The lowest BCUT2D eigenvalue weighted by molar-refractivity contribution is 0.597. The smallest absolute Gasteiger partial charge is 0.264 e. The van der Waals surface area contributed by atoms with Gasteiger partial charge >= 0.3 is 0 Å². The highest BCUT2D eigenvalue weighted by Crippen LogP contribution is 2.36. The molecule has 0 saturated heterocycles. The zero-order valence-corrected chi connectivity index (χ0v) is 24.2. The van der Waals surface area contributed by atoms with Gasteiger partial charge in [0.15, 0.2) is 5.43 Å². The van der Waals surface area contributed by atoms with Crippen molar-refractivity contribution in [3.05, 3.63) is 128 Å². The molecule has 3 aromatic carbocycles. The molecule has 0 radical (unpaired) electrons. The molecule has 9 nitrogen and oxygen atoms in total. The number of H-pyrrole nitrogens is 1. The van der Waals surface area contributed by atoms with E-state index in [0.29, 0.717) is 22.1 Å². The van der Waals surface area contributed by atoms with E-state index in [-0.39, 0.29) is 42.2 Å². The highest BCUT2D eigenvalue weighted by molar-refractivity contribution is 7.91. The van der Waals surface area contributed by atoms with Gasteiger partial charge in [0.05, 0.1) is 31.9 Å². The van der Waals surface area contributed by atoms with Gasteiger partial charge < -0.3 is 10.3 Å². The third-order valence-corrected chi connectivity index (χ3v) is 9.35. The Morgan fingerprint density at radius 3 is 2.36 bits per heavy atom. The number of nitrogens with one attached hydrogen (secondary N) is 2. The normalized spacial score (nSPS) is 12.5. The molecule has 6 aromatic rings. The number of nitrogens with zero attached hydrogens (tertiary/aromatic N) is 3. The van der Waals surface area contributed by atoms with Crippen molar-refractivity contribution in [1.29, 1.82) is 0 Å². The highest BCUT2D eigenvalue weighted by atomic mass is 35.5. The van der Waals surface area contributed by atoms with Gasteiger partial charge in [-0.3, -0.25) is 14.2 Å². The lowest BCUT2D eigenvalue weighted by Crippen LogP contribution is -2.27. The molecule has 0 fully saturated rings. The second-order valence-corrected chi connectivity index (χ2v) is 12.2. The highest BCUT2D eigenvalue weighted by Gasteiger charge is 2.28. The minimum Gasteiger partial charge on any atom is -0.361 e. The van der Waals surface area contributed by atoms with Gasteiger partial charge in [-0.2, -0.15) is 0 Å². The fraction of sp³-hybridized carbons (Fsp3) is 0.0667. The predicted molar refractivity (Wildman–Crippen MR) is 164 cm³/mol. The summed E-state index contributed by atoms with van der Waals surface area (Å²) < 4.78 is 29.0. The Bertz CT molecular complexity index is 2210. The van der Waals surface area contributed by atoms with Crippen LogP contribution in [0.25, 0.3) is 27.5 Å². The number of pyridine rings is 2. The fourth-order valence-corrected chi connectivity index (χ4v) is 6.97. The Balaban J connectivity index is 1.62. The van der Waals surface area contributed by atoms with Gasteiger partial charge in [0.25, 0.3) is 5.56 Å². The largest absolute Gasteiger partial charge is 0.361 e. The Kier molecular flexibility index (Phi) is 7.05. The van der Waals surface area contributed by atoms with E-state index in [0.717, 1.165) is 0 Å². The van der Waals surface area contributed by atoms with Crippen LogP contribution >= 0.6 is 23.2 Å². The standard InChI is InChI=1S/C30H21Cl2N5O4S/c1-17(36-29-25-22(38)14-15-33-28(25)34-16-35-29)27-26(32)21-8-5-9-23(42(40,41)20-12-10-18(31)11-13-20)24(21)30(39)37(27)19-6-3-2-4-7-19/h2-17H,1H3,(H2,33,34,35,36,38)/t17-/m0/s1. The van der Waals surface area contributed by atoms with Crippen molar-refractivity contribution in [2.75, 3.05) is 5.32 Å². The minimum absolute atomic E-state index is 0.0128. The van der Waals surface area contributed by atoms with Crippen LogP contribution in [0.15, 0.2) is 111 Å². The monoisotopic (exact) mass is 617 g/mol. The minimum atomic E-state index is -4.13. The van der Waals surface area contributed by atoms with Crippen molar-refractivity contribution in [3.8, 4) is 5.69 Å². The molecule has 3 aromatic heterocycles. The Morgan fingerprint density at radius 2 is 1.62 bits per heavy atom. The Hall–Kier alpha value is -4.51. The zero-order valence-electron chi connectivity index (χ0n) is 21.9. The molecule has 0 unspecified atom stereocenters. The third-order valence-electron chi connectivity index (χ3n) is 6.89. The molecule has 0 aliphatic heterocycles.